The smallest absolute Gasteiger partial charge is 0.245 e. The monoisotopic (exact) mass is 563 g/mol. The number of nitrogens with one attached hydrogen (secondary N) is 2. The van der Waals surface area contributed by atoms with Crippen LogP contribution in [0.15, 0.2) is 54.6 Å². The lowest BCUT2D eigenvalue weighted by Crippen LogP contribution is -2.56. The molecule has 0 radical (unpaired) electrons. The third-order valence-electron chi connectivity index (χ3n) is 9.24. The summed E-state index contributed by atoms with van der Waals surface area (Å²) < 4.78 is 12.3. The van der Waals surface area contributed by atoms with E-state index < -0.39 is 35.1 Å². The summed E-state index contributed by atoms with van der Waals surface area (Å²) in [6.45, 7) is 8.49. The number of hydrogen-bond donors (Lipinski definition) is 3. The largest absolute Gasteiger partial charge is 0.494 e. The molecule has 7 atom stereocenters. The van der Waals surface area contributed by atoms with Gasteiger partial charge in [-0.3, -0.25) is 14.4 Å². The van der Waals surface area contributed by atoms with Gasteiger partial charge in [-0.1, -0.05) is 50.6 Å². The second-order valence-corrected chi connectivity index (χ2v) is 11.6. The van der Waals surface area contributed by atoms with Gasteiger partial charge >= 0.3 is 0 Å². The second kappa shape index (κ2) is 11.4. The first kappa shape index (κ1) is 29.1. The minimum Gasteiger partial charge on any atom is -0.494 e. The average molecular weight is 564 g/mol. The van der Waals surface area contributed by atoms with Crippen molar-refractivity contribution < 1.29 is 29.0 Å². The summed E-state index contributed by atoms with van der Waals surface area (Å²) in [6, 6.07) is 14.6. The third kappa shape index (κ3) is 4.78. The highest BCUT2D eigenvalue weighted by molar-refractivity contribution is 6.02. The van der Waals surface area contributed by atoms with E-state index in [0.717, 1.165) is 18.4 Å². The maximum absolute atomic E-state index is 14.5. The maximum atomic E-state index is 14.5. The standard InChI is InChI=1S/C32H41N3O6/c1-5-7-17-33-29(38)27-32-18-20(3)31(4,41-32)25(28(37)34-22-13-15-23(16-14-22)40-6-2)26(32)30(39)35(27)24(19-36)21-11-9-8-10-12-21/h8-16,20,24-27,36H,5-7,17-19H2,1-4H3,(H,33,38)(H,34,37)/t20?,24-,25+,26+,27?,31-,32?/m1/s1. The van der Waals surface area contributed by atoms with Crippen LogP contribution in [0.25, 0.3) is 0 Å². The molecule has 3 amide bonds. The minimum absolute atomic E-state index is 0.0853. The molecule has 9 nitrogen and oxygen atoms in total. The molecule has 3 aliphatic rings. The zero-order valence-electron chi connectivity index (χ0n) is 24.3. The highest BCUT2D eigenvalue weighted by Crippen LogP contribution is 2.66. The Kier molecular flexibility index (Phi) is 8.12. The van der Waals surface area contributed by atoms with Crippen molar-refractivity contribution >= 4 is 23.4 Å². The number of carbonyl (C=O) groups excluding carboxylic acids is 3. The van der Waals surface area contributed by atoms with Gasteiger partial charge in [-0.05, 0) is 62.4 Å². The summed E-state index contributed by atoms with van der Waals surface area (Å²) in [5.74, 6) is -2.06. The lowest BCUT2D eigenvalue weighted by Gasteiger charge is -2.37. The number of carbonyl (C=O) groups is 3. The number of rotatable bonds is 11. The number of hydrogen-bond acceptors (Lipinski definition) is 6. The Balaban J connectivity index is 1.54. The first-order valence-corrected chi connectivity index (χ1v) is 14.7. The number of aliphatic hydroxyl groups is 1. The summed E-state index contributed by atoms with van der Waals surface area (Å²) in [7, 11) is 0. The summed E-state index contributed by atoms with van der Waals surface area (Å²) in [5, 5.41) is 16.6. The Bertz CT molecular complexity index is 1270. The predicted octanol–water partition coefficient (Wildman–Crippen LogP) is 3.68. The quantitative estimate of drug-likeness (QED) is 0.359. The van der Waals surface area contributed by atoms with Gasteiger partial charge in [0.1, 0.15) is 17.4 Å². The number of anilines is 1. The Morgan fingerprint density at radius 3 is 2.46 bits per heavy atom. The Hall–Kier alpha value is -3.43. The summed E-state index contributed by atoms with van der Waals surface area (Å²) in [4.78, 5) is 43.9. The molecule has 220 valence electrons. The number of nitrogens with zero attached hydrogens (tertiary/aromatic N) is 1. The van der Waals surface area contributed by atoms with Crippen LogP contribution in [0.4, 0.5) is 5.69 Å². The highest BCUT2D eigenvalue weighted by atomic mass is 16.5. The highest BCUT2D eigenvalue weighted by Gasteiger charge is 2.80. The van der Waals surface area contributed by atoms with E-state index in [2.05, 4.69) is 10.6 Å². The van der Waals surface area contributed by atoms with E-state index in [1.807, 2.05) is 58.0 Å². The number of amides is 3. The molecule has 0 saturated carbocycles. The van der Waals surface area contributed by atoms with Crippen molar-refractivity contribution in [2.75, 3.05) is 25.1 Å². The lowest BCUT2D eigenvalue weighted by molar-refractivity contribution is -0.150. The van der Waals surface area contributed by atoms with Crippen molar-refractivity contribution in [3.05, 3.63) is 60.2 Å². The Labute approximate surface area is 241 Å². The fraction of sp³-hybridized carbons (Fsp3) is 0.531. The molecule has 2 aromatic rings. The van der Waals surface area contributed by atoms with Crippen molar-refractivity contribution in [3.8, 4) is 5.75 Å². The predicted molar refractivity (Wildman–Crippen MR) is 154 cm³/mol. The van der Waals surface area contributed by atoms with E-state index >= 15 is 0 Å². The van der Waals surface area contributed by atoms with Gasteiger partial charge in [0.05, 0.1) is 36.7 Å². The van der Waals surface area contributed by atoms with Crippen LogP contribution in [-0.4, -0.2) is 64.7 Å². The van der Waals surface area contributed by atoms with Crippen LogP contribution in [0.3, 0.4) is 0 Å². The van der Waals surface area contributed by atoms with Crippen LogP contribution in [-0.2, 0) is 19.1 Å². The molecule has 3 heterocycles. The van der Waals surface area contributed by atoms with Crippen LogP contribution >= 0.6 is 0 Å². The molecular weight excluding hydrogens is 522 g/mol. The molecule has 41 heavy (non-hydrogen) atoms. The molecule has 3 saturated heterocycles. The van der Waals surface area contributed by atoms with Gasteiger partial charge in [-0.2, -0.15) is 0 Å². The van der Waals surface area contributed by atoms with Gasteiger partial charge in [0.15, 0.2) is 0 Å². The van der Waals surface area contributed by atoms with Crippen LogP contribution in [0.5, 0.6) is 5.75 Å². The second-order valence-electron chi connectivity index (χ2n) is 11.6. The number of aliphatic hydroxyl groups excluding tert-OH is 1. The van der Waals surface area contributed by atoms with Gasteiger partial charge in [0, 0.05) is 12.2 Å². The Morgan fingerprint density at radius 1 is 1.12 bits per heavy atom. The summed E-state index contributed by atoms with van der Waals surface area (Å²) in [6.07, 6.45) is 2.17. The number of ether oxygens (including phenoxy) is 2. The number of likely N-dealkylation sites (tertiary alicyclic amines) is 1. The number of unbranched alkanes of at least 4 members (excludes halogenated alkanes) is 1. The molecule has 5 rings (SSSR count). The Morgan fingerprint density at radius 2 is 1.83 bits per heavy atom. The van der Waals surface area contributed by atoms with Gasteiger partial charge < -0.3 is 30.1 Å². The molecule has 2 bridgehead atoms. The zero-order chi connectivity index (χ0) is 29.4. The molecule has 0 aromatic heterocycles. The molecule has 2 aromatic carbocycles. The minimum atomic E-state index is -1.19. The zero-order valence-corrected chi connectivity index (χ0v) is 24.3. The third-order valence-corrected chi connectivity index (χ3v) is 9.24. The van der Waals surface area contributed by atoms with Crippen LogP contribution in [0.2, 0.25) is 0 Å². The molecule has 3 N–H and O–H groups in total. The molecular formula is C32H41N3O6. The maximum Gasteiger partial charge on any atom is 0.245 e. The van der Waals surface area contributed by atoms with Gasteiger partial charge in [-0.15, -0.1) is 0 Å². The fourth-order valence-corrected chi connectivity index (χ4v) is 7.25. The van der Waals surface area contributed by atoms with Crippen molar-refractivity contribution in [2.24, 2.45) is 17.8 Å². The van der Waals surface area contributed by atoms with Crippen molar-refractivity contribution in [1.29, 1.82) is 0 Å². The first-order chi connectivity index (χ1) is 19.7. The van der Waals surface area contributed by atoms with Crippen molar-refractivity contribution in [1.82, 2.24) is 10.2 Å². The van der Waals surface area contributed by atoms with Crippen molar-refractivity contribution in [2.45, 2.75) is 70.2 Å². The van der Waals surface area contributed by atoms with Gasteiger partial charge in [0.2, 0.25) is 17.7 Å². The average Bonchev–Trinajstić information content (AvgIpc) is 3.48. The number of benzene rings is 2. The van der Waals surface area contributed by atoms with Crippen LogP contribution < -0.4 is 15.4 Å². The van der Waals surface area contributed by atoms with Crippen LogP contribution in [0.1, 0.15) is 58.6 Å². The van der Waals surface area contributed by atoms with E-state index in [1.165, 1.54) is 4.90 Å². The normalized spacial score (nSPS) is 30.7. The van der Waals surface area contributed by atoms with E-state index in [-0.39, 0.29) is 30.2 Å². The topological polar surface area (TPSA) is 117 Å². The fourth-order valence-electron chi connectivity index (χ4n) is 7.25. The molecule has 3 aliphatic heterocycles. The molecule has 9 heteroatoms. The lowest BCUT2D eigenvalue weighted by atomic mass is 9.62. The molecule has 1 spiro atoms. The molecule has 0 aliphatic carbocycles. The summed E-state index contributed by atoms with van der Waals surface area (Å²) >= 11 is 0. The van der Waals surface area contributed by atoms with Gasteiger partial charge in [0.25, 0.3) is 0 Å². The van der Waals surface area contributed by atoms with E-state index in [9.17, 15) is 19.5 Å². The van der Waals surface area contributed by atoms with E-state index in [4.69, 9.17) is 9.47 Å². The van der Waals surface area contributed by atoms with Crippen LogP contribution in [0, 0.1) is 17.8 Å². The first-order valence-electron chi connectivity index (χ1n) is 14.7. The molecule has 3 unspecified atom stereocenters. The van der Waals surface area contributed by atoms with E-state index in [0.29, 0.717) is 31.0 Å². The van der Waals surface area contributed by atoms with E-state index in [1.54, 1.807) is 24.3 Å². The number of fused-ring (bicyclic) bond motifs is 1. The van der Waals surface area contributed by atoms with Crippen molar-refractivity contribution in [3.63, 3.8) is 0 Å². The van der Waals surface area contributed by atoms with Gasteiger partial charge in [-0.25, -0.2) is 0 Å². The molecule has 3 fully saturated rings. The SMILES string of the molecule is CCCCNC(=O)C1N([C@H](CO)c2ccccc2)C(=O)[C@@H]2[C@@H](C(=O)Nc3ccc(OCC)cc3)[C@]3(C)OC12CC3C. The summed E-state index contributed by atoms with van der Waals surface area (Å²) in [5.41, 5.74) is -0.828.